The first-order valence-electron chi connectivity index (χ1n) is 5.93. The average Bonchev–Trinajstić information content (AvgIpc) is 2.39. The summed E-state index contributed by atoms with van der Waals surface area (Å²) in [6, 6.07) is 6.50. The maximum absolute atomic E-state index is 12.8. The molecule has 0 saturated carbocycles. The first-order chi connectivity index (χ1) is 8.70. The third-order valence-electron chi connectivity index (χ3n) is 2.83. The first-order valence-corrected chi connectivity index (χ1v) is 6.31. The molecule has 0 aliphatic carbocycles. The van der Waals surface area contributed by atoms with Crippen LogP contribution >= 0.6 is 11.6 Å². The molecule has 0 saturated heterocycles. The second-order valence-corrected chi connectivity index (χ2v) is 4.44. The highest BCUT2D eigenvalue weighted by molar-refractivity contribution is 6.31. The van der Waals surface area contributed by atoms with E-state index in [9.17, 15) is 4.39 Å². The van der Waals surface area contributed by atoms with Crippen LogP contribution in [0.5, 0.6) is 0 Å². The summed E-state index contributed by atoms with van der Waals surface area (Å²) in [5.41, 5.74) is 2.80. The van der Waals surface area contributed by atoms with Crippen LogP contribution < -0.4 is 0 Å². The van der Waals surface area contributed by atoms with E-state index in [1.54, 1.807) is 18.5 Å². The van der Waals surface area contributed by atoms with Crippen molar-refractivity contribution < 1.29 is 4.39 Å². The molecule has 0 aliphatic rings. The van der Waals surface area contributed by atoms with Crippen molar-refractivity contribution >= 4 is 11.6 Å². The molecule has 0 spiro atoms. The van der Waals surface area contributed by atoms with E-state index in [0.717, 1.165) is 36.2 Å². The van der Waals surface area contributed by atoms with Crippen LogP contribution in [0.15, 0.2) is 30.6 Å². The highest BCUT2D eigenvalue weighted by atomic mass is 35.5. The predicted octanol–water partition coefficient (Wildman–Crippen LogP) is 3.62. The molecule has 0 unspecified atom stereocenters. The van der Waals surface area contributed by atoms with Gasteiger partial charge in [-0.2, -0.15) is 0 Å². The van der Waals surface area contributed by atoms with Gasteiger partial charge in [0.25, 0.3) is 0 Å². The lowest BCUT2D eigenvalue weighted by atomic mass is 10.1. The van der Waals surface area contributed by atoms with Gasteiger partial charge >= 0.3 is 0 Å². The number of benzene rings is 1. The Labute approximate surface area is 111 Å². The summed E-state index contributed by atoms with van der Waals surface area (Å²) < 4.78 is 12.8. The molecule has 1 aromatic heterocycles. The summed E-state index contributed by atoms with van der Waals surface area (Å²) >= 11 is 6.22. The molecule has 2 aromatic rings. The molecule has 94 valence electrons. The van der Waals surface area contributed by atoms with Crippen molar-refractivity contribution in [3.63, 3.8) is 0 Å². The molecule has 1 heterocycles. The Hall–Kier alpha value is -1.48. The predicted molar refractivity (Wildman–Crippen MR) is 70.2 cm³/mol. The molecule has 0 amide bonds. The molecule has 0 radical (unpaired) electrons. The van der Waals surface area contributed by atoms with E-state index in [4.69, 9.17) is 11.6 Å². The largest absolute Gasteiger partial charge is 0.240 e. The van der Waals surface area contributed by atoms with Crippen molar-refractivity contribution in [1.29, 1.82) is 0 Å². The van der Waals surface area contributed by atoms with E-state index in [0.29, 0.717) is 5.02 Å². The minimum absolute atomic E-state index is 0.216. The number of nitrogens with zero attached hydrogens (tertiary/aromatic N) is 2. The van der Waals surface area contributed by atoms with E-state index >= 15 is 0 Å². The van der Waals surface area contributed by atoms with Crippen molar-refractivity contribution in [2.45, 2.75) is 26.2 Å². The van der Waals surface area contributed by atoms with Crippen molar-refractivity contribution in [3.8, 4) is 0 Å². The minimum Gasteiger partial charge on any atom is -0.240 e. The van der Waals surface area contributed by atoms with Gasteiger partial charge in [-0.05, 0) is 37.0 Å². The maximum atomic E-state index is 12.8. The summed E-state index contributed by atoms with van der Waals surface area (Å²) in [6.07, 6.45) is 3.87. The van der Waals surface area contributed by atoms with E-state index in [1.165, 1.54) is 12.1 Å². The van der Waals surface area contributed by atoms with Crippen molar-refractivity contribution in [2.75, 3.05) is 0 Å². The zero-order valence-corrected chi connectivity index (χ0v) is 10.9. The van der Waals surface area contributed by atoms with E-state index in [-0.39, 0.29) is 5.82 Å². The Morgan fingerprint density at radius 2 is 1.72 bits per heavy atom. The molecule has 2 nitrogen and oxygen atoms in total. The molecule has 0 N–H and O–H groups in total. The Morgan fingerprint density at radius 1 is 1.06 bits per heavy atom. The third kappa shape index (κ3) is 3.05. The molecule has 2 rings (SSSR count). The average molecular weight is 265 g/mol. The zero-order chi connectivity index (χ0) is 13.0. The van der Waals surface area contributed by atoms with Crippen molar-refractivity contribution in [2.24, 2.45) is 0 Å². The van der Waals surface area contributed by atoms with Gasteiger partial charge in [0.05, 0.1) is 16.4 Å². The lowest BCUT2D eigenvalue weighted by Gasteiger charge is -2.06. The maximum Gasteiger partial charge on any atom is 0.123 e. The smallest absolute Gasteiger partial charge is 0.123 e. The van der Waals surface area contributed by atoms with Crippen LogP contribution in [0, 0.1) is 5.82 Å². The van der Waals surface area contributed by atoms with Gasteiger partial charge in [-0.1, -0.05) is 30.7 Å². The van der Waals surface area contributed by atoms with Crippen LogP contribution in [0.25, 0.3) is 0 Å². The summed E-state index contributed by atoms with van der Waals surface area (Å²) in [5.74, 6) is -0.216. The Bertz CT molecular complexity index is 526. The number of aryl methyl sites for hydroxylation is 3. The van der Waals surface area contributed by atoms with Crippen LogP contribution in [-0.4, -0.2) is 9.97 Å². The summed E-state index contributed by atoms with van der Waals surface area (Å²) in [5, 5.41) is 0.655. The molecular weight excluding hydrogens is 251 g/mol. The minimum atomic E-state index is -0.216. The second-order valence-electron chi connectivity index (χ2n) is 4.06. The topological polar surface area (TPSA) is 25.8 Å². The van der Waals surface area contributed by atoms with E-state index < -0.39 is 0 Å². The second kappa shape index (κ2) is 5.91. The van der Waals surface area contributed by atoms with Crippen molar-refractivity contribution in [1.82, 2.24) is 9.97 Å². The van der Waals surface area contributed by atoms with Gasteiger partial charge in [-0.25, -0.2) is 14.4 Å². The Balaban J connectivity index is 2.08. The molecule has 0 bridgehead atoms. The van der Waals surface area contributed by atoms with Crippen LogP contribution in [-0.2, 0) is 19.3 Å². The van der Waals surface area contributed by atoms with Gasteiger partial charge < -0.3 is 0 Å². The van der Waals surface area contributed by atoms with Crippen LogP contribution in [0.4, 0.5) is 4.39 Å². The molecule has 0 fully saturated rings. The van der Waals surface area contributed by atoms with E-state index in [2.05, 4.69) is 9.97 Å². The van der Waals surface area contributed by atoms with Gasteiger partial charge in [0.1, 0.15) is 12.1 Å². The first kappa shape index (κ1) is 13.0. The van der Waals surface area contributed by atoms with E-state index in [1.807, 2.05) is 6.92 Å². The molecule has 1 aromatic carbocycles. The monoisotopic (exact) mass is 264 g/mol. The van der Waals surface area contributed by atoms with Crippen LogP contribution in [0.2, 0.25) is 5.02 Å². The quantitative estimate of drug-likeness (QED) is 0.843. The lowest BCUT2D eigenvalue weighted by molar-refractivity contribution is 0.627. The fourth-order valence-corrected chi connectivity index (χ4v) is 2.11. The third-order valence-corrected chi connectivity index (χ3v) is 3.27. The summed E-state index contributed by atoms with van der Waals surface area (Å²) in [7, 11) is 0. The van der Waals surface area contributed by atoms with Crippen molar-refractivity contribution in [3.05, 3.63) is 58.4 Å². The molecule has 18 heavy (non-hydrogen) atoms. The normalized spacial score (nSPS) is 10.6. The molecular formula is C14H14ClFN2. The van der Waals surface area contributed by atoms with Crippen LogP contribution in [0.1, 0.15) is 23.9 Å². The number of aromatic nitrogens is 2. The lowest BCUT2D eigenvalue weighted by Crippen LogP contribution is -2.00. The summed E-state index contributed by atoms with van der Waals surface area (Å²) in [4.78, 5) is 8.33. The van der Waals surface area contributed by atoms with Crippen LogP contribution in [0.3, 0.4) is 0 Å². The highest BCUT2D eigenvalue weighted by Gasteiger charge is 2.07. The number of halogens is 2. The van der Waals surface area contributed by atoms with Gasteiger partial charge in [0.2, 0.25) is 0 Å². The fraction of sp³-hybridized carbons (Fsp3) is 0.286. The molecule has 4 heteroatoms. The number of rotatable bonds is 4. The SMILES string of the molecule is CCc1ncnc(CCc2ccc(F)cc2)c1Cl. The van der Waals surface area contributed by atoms with Gasteiger partial charge in [0.15, 0.2) is 0 Å². The molecule has 0 atom stereocenters. The summed E-state index contributed by atoms with van der Waals surface area (Å²) in [6.45, 7) is 2.01. The zero-order valence-electron chi connectivity index (χ0n) is 10.2. The Morgan fingerprint density at radius 3 is 2.39 bits per heavy atom. The number of hydrogen-bond donors (Lipinski definition) is 0. The van der Waals surface area contributed by atoms with Gasteiger partial charge in [-0.3, -0.25) is 0 Å². The fourth-order valence-electron chi connectivity index (χ4n) is 1.78. The highest BCUT2D eigenvalue weighted by Crippen LogP contribution is 2.19. The standard InChI is InChI=1S/C14H14ClFN2/c1-2-12-14(15)13(18-9-17-12)8-5-10-3-6-11(16)7-4-10/h3-4,6-7,9H,2,5,8H2,1H3. The van der Waals surface area contributed by atoms with Gasteiger partial charge in [-0.15, -0.1) is 0 Å². The molecule has 0 aliphatic heterocycles. The van der Waals surface area contributed by atoms with Gasteiger partial charge in [0, 0.05) is 0 Å². The Kier molecular flexibility index (Phi) is 4.26. The number of hydrogen-bond acceptors (Lipinski definition) is 2.